The molecule has 1 unspecified atom stereocenters. The Labute approximate surface area is 183 Å². The minimum absolute atomic E-state index is 0.0203. The molecule has 0 saturated carbocycles. The van der Waals surface area contributed by atoms with Gasteiger partial charge in [-0.3, -0.25) is 9.69 Å². The van der Waals surface area contributed by atoms with Crippen molar-refractivity contribution < 1.29 is 17.6 Å². The molecule has 0 aliphatic carbocycles. The van der Waals surface area contributed by atoms with Crippen LogP contribution in [0.15, 0.2) is 53.4 Å². The zero-order chi connectivity index (χ0) is 22.0. The van der Waals surface area contributed by atoms with E-state index in [1.807, 2.05) is 23.1 Å². The molecule has 0 spiro atoms. The number of benzene rings is 2. The van der Waals surface area contributed by atoms with Crippen LogP contribution >= 0.6 is 0 Å². The Morgan fingerprint density at radius 2 is 1.71 bits per heavy atom. The van der Waals surface area contributed by atoms with Crippen molar-refractivity contribution in [2.45, 2.75) is 30.7 Å². The van der Waals surface area contributed by atoms with Gasteiger partial charge in [0.05, 0.1) is 10.9 Å². The van der Waals surface area contributed by atoms with Crippen molar-refractivity contribution in [1.82, 2.24) is 14.1 Å². The van der Waals surface area contributed by atoms with Crippen LogP contribution in [0.5, 0.6) is 0 Å². The molecule has 1 amide bonds. The van der Waals surface area contributed by atoms with Crippen molar-refractivity contribution in [2.24, 2.45) is 0 Å². The summed E-state index contributed by atoms with van der Waals surface area (Å²) in [6.45, 7) is 4.63. The molecule has 2 aliphatic heterocycles. The highest BCUT2D eigenvalue weighted by molar-refractivity contribution is 7.89. The lowest BCUT2D eigenvalue weighted by Gasteiger charge is -2.36. The van der Waals surface area contributed by atoms with Gasteiger partial charge in [0, 0.05) is 39.3 Å². The molecule has 166 valence electrons. The zero-order valence-electron chi connectivity index (χ0n) is 17.7. The molecule has 4 rings (SSSR count). The summed E-state index contributed by atoms with van der Waals surface area (Å²) >= 11 is 0. The molecule has 8 heteroatoms. The number of carbonyl (C=O) groups excluding carboxylic acids is 1. The van der Waals surface area contributed by atoms with Gasteiger partial charge in [0.1, 0.15) is 5.82 Å². The van der Waals surface area contributed by atoms with Gasteiger partial charge in [0.2, 0.25) is 15.9 Å². The van der Waals surface area contributed by atoms with Crippen LogP contribution in [0.1, 0.15) is 17.5 Å². The summed E-state index contributed by atoms with van der Waals surface area (Å²) < 4.78 is 41.0. The smallest absolute Gasteiger partial charge is 0.243 e. The third kappa shape index (κ3) is 4.66. The van der Waals surface area contributed by atoms with E-state index in [-0.39, 0.29) is 16.8 Å². The molecule has 2 saturated heterocycles. The molecular weight excluding hydrogens is 417 g/mol. The van der Waals surface area contributed by atoms with E-state index in [2.05, 4.69) is 17.0 Å². The highest BCUT2D eigenvalue weighted by Crippen LogP contribution is 2.23. The quantitative estimate of drug-likeness (QED) is 0.685. The number of nitrogens with zero attached hydrogens (tertiary/aromatic N) is 3. The fourth-order valence-electron chi connectivity index (χ4n) is 4.33. The fourth-order valence-corrected chi connectivity index (χ4v) is 5.77. The first-order valence-corrected chi connectivity index (χ1v) is 12.1. The van der Waals surface area contributed by atoms with Crippen LogP contribution in [-0.2, 0) is 21.2 Å². The van der Waals surface area contributed by atoms with Gasteiger partial charge in [-0.2, -0.15) is 4.31 Å². The van der Waals surface area contributed by atoms with Gasteiger partial charge in [-0.15, -0.1) is 0 Å². The first-order chi connectivity index (χ1) is 14.9. The SMILES string of the molecule is Cc1ccc(S(=O)(=O)N2CCN(C3CCN(CCc4ccccc4)C3=O)CC2)cc1F. The highest BCUT2D eigenvalue weighted by atomic mass is 32.2. The summed E-state index contributed by atoms with van der Waals surface area (Å²) in [4.78, 5) is 16.9. The maximum Gasteiger partial charge on any atom is 0.243 e. The first kappa shape index (κ1) is 21.9. The number of amides is 1. The van der Waals surface area contributed by atoms with Gasteiger partial charge in [-0.25, -0.2) is 12.8 Å². The summed E-state index contributed by atoms with van der Waals surface area (Å²) in [5.74, 6) is -0.389. The predicted molar refractivity (Wildman–Crippen MR) is 117 cm³/mol. The van der Waals surface area contributed by atoms with Gasteiger partial charge < -0.3 is 4.90 Å². The molecular formula is C23H28FN3O3S. The molecule has 2 aromatic carbocycles. The minimum atomic E-state index is -3.74. The van der Waals surface area contributed by atoms with Crippen molar-refractivity contribution in [3.8, 4) is 0 Å². The van der Waals surface area contributed by atoms with E-state index in [0.29, 0.717) is 38.3 Å². The Morgan fingerprint density at radius 3 is 2.39 bits per heavy atom. The Hall–Kier alpha value is -2.29. The minimum Gasteiger partial charge on any atom is -0.341 e. The summed E-state index contributed by atoms with van der Waals surface area (Å²) in [5.41, 5.74) is 1.63. The van der Waals surface area contributed by atoms with Crippen molar-refractivity contribution in [3.05, 3.63) is 65.5 Å². The number of hydrogen-bond donors (Lipinski definition) is 0. The maximum absolute atomic E-state index is 13.9. The van der Waals surface area contributed by atoms with E-state index in [1.165, 1.54) is 22.0 Å². The average molecular weight is 446 g/mol. The summed E-state index contributed by atoms with van der Waals surface area (Å²) in [7, 11) is -3.74. The number of halogens is 1. The van der Waals surface area contributed by atoms with Crippen LogP contribution in [0, 0.1) is 12.7 Å². The second kappa shape index (κ2) is 9.06. The second-order valence-corrected chi connectivity index (χ2v) is 10.2. The Kier molecular flexibility index (Phi) is 6.41. The van der Waals surface area contributed by atoms with Gasteiger partial charge in [-0.05, 0) is 43.0 Å². The normalized spacial score (nSPS) is 21.0. The predicted octanol–water partition coefficient (Wildman–Crippen LogP) is 2.28. The number of carbonyl (C=O) groups is 1. The molecule has 2 heterocycles. The largest absolute Gasteiger partial charge is 0.341 e. The van der Waals surface area contributed by atoms with Crippen LogP contribution in [0.3, 0.4) is 0 Å². The van der Waals surface area contributed by atoms with Crippen molar-refractivity contribution in [1.29, 1.82) is 0 Å². The van der Waals surface area contributed by atoms with E-state index in [1.54, 1.807) is 6.92 Å². The molecule has 31 heavy (non-hydrogen) atoms. The van der Waals surface area contributed by atoms with E-state index < -0.39 is 15.8 Å². The van der Waals surface area contributed by atoms with Crippen LogP contribution in [0.2, 0.25) is 0 Å². The molecule has 2 fully saturated rings. The second-order valence-electron chi connectivity index (χ2n) is 8.22. The summed E-state index contributed by atoms with van der Waals surface area (Å²) in [6, 6.07) is 14.0. The third-order valence-electron chi connectivity index (χ3n) is 6.28. The number of sulfonamides is 1. The molecule has 2 aliphatic rings. The molecule has 0 aromatic heterocycles. The molecule has 0 radical (unpaired) electrons. The van der Waals surface area contributed by atoms with Crippen LogP contribution in [0.25, 0.3) is 0 Å². The van der Waals surface area contributed by atoms with E-state index in [0.717, 1.165) is 25.5 Å². The van der Waals surface area contributed by atoms with Crippen molar-refractivity contribution in [2.75, 3.05) is 39.3 Å². The lowest BCUT2D eigenvalue weighted by atomic mass is 10.1. The Morgan fingerprint density at radius 1 is 1.00 bits per heavy atom. The fraction of sp³-hybridized carbons (Fsp3) is 0.435. The Balaban J connectivity index is 1.33. The van der Waals surface area contributed by atoms with E-state index in [9.17, 15) is 17.6 Å². The highest BCUT2D eigenvalue weighted by Gasteiger charge is 2.38. The number of likely N-dealkylation sites (tertiary alicyclic amines) is 1. The van der Waals surface area contributed by atoms with Gasteiger partial charge >= 0.3 is 0 Å². The van der Waals surface area contributed by atoms with E-state index >= 15 is 0 Å². The topological polar surface area (TPSA) is 60.9 Å². The lowest BCUT2D eigenvalue weighted by Crippen LogP contribution is -2.53. The van der Waals surface area contributed by atoms with Crippen molar-refractivity contribution >= 4 is 15.9 Å². The monoisotopic (exact) mass is 445 g/mol. The van der Waals surface area contributed by atoms with Crippen LogP contribution in [0.4, 0.5) is 4.39 Å². The Bertz CT molecular complexity index is 1040. The number of piperazine rings is 1. The molecule has 0 N–H and O–H groups in total. The molecule has 2 aromatic rings. The van der Waals surface area contributed by atoms with Gasteiger partial charge in [-0.1, -0.05) is 36.4 Å². The summed E-state index contributed by atoms with van der Waals surface area (Å²) in [5, 5.41) is 0. The standard InChI is InChI=1S/C23H28FN3O3S/c1-18-7-8-20(17-21(18)24)31(29,30)27-15-13-25(14-16-27)22-10-12-26(23(22)28)11-9-19-5-3-2-4-6-19/h2-8,17,22H,9-16H2,1H3. The average Bonchev–Trinajstić information content (AvgIpc) is 3.15. The molecule has 6 nitrogen and oxygen atoms in total. The van der Waals surface area contributed by atoms with Crippen LogP contribution < -0.4 is 0 Å². The number of hydrogen-bond acceptors (Lipinski definition) is 4. The van der Waals surface area contributed by atoms with Crippen LogP contribution in [-0.4, -0.2) is 73.7 Å². The maximum atomic E-state index is 13.9. The zero-order valence-corrected chi connectivity index (χ0v) is 18.5. The number of aryl methyl sites for hydroxylation is 1. The first-order valence-electron chi connectivity index (χ1n) is 10.7. The molecule has 0 bridgehead atoms. The molecule has 1 atom stereocenters. The number of rotatable bonds is 6. The van der Waals surface area contributed by atoms with E-state index in [4.69, 9.17) is 0 Å². The van der Waals surface area contributed by atoms with Gasteiger partial charge in [0.25, 0.3) is 0 Å². The lowest BCUT2D eigenvalue weighted by molar-refractivity contribution is -0.132. The van der Waals surface area contributed by atoms with Gasteiger partial charge in [0.15, 0.2) is 0 Å². The van der Waals surface area contributed by atoms with Crippen molar-refractivity contribution in [3.63, 3.8) is 0 Å². The summed E-state index contributed by atoms with van der Waals surface area (Å²) in [6.07, 6.45) is 1.60. The third-order valence-corrected chi connectivity index (χ3v) is 8.17.